The number of aromatic nitrogens is 7. The van der Waals surface area contributed by atoms with E-state index in [2.05, 4.69) is 30.2 Å². The minimum absolute atomic E-state index is 0.122. The molecule has 0 aliphatic carbocycles. The van der Waals surface area contributed by atoms with Crippen LogP contribution >= 0.6 is 11.6 Å². The van der Waals surface area contributed by atoms with Gasteiger partial charge in [0.15, 0.2) is 11.5 Å². The van der Waals surface area contributed by atoms with Gasteiger partial charge >= 0.3 is 0 Å². The van der Waals surface area contributed by atoms with Crippen molar-refractivity contribution >= 4 is 39.5 Å². The summed E-state index contributed by atoms with van der Waals surface area (Å²) in [4.78, 5) is 19.9. The zero-order valence-electron chi connectivity index (χ0n) is 14.8. The number of aromatic amines is 1. The molecular weight excluding hydrogens is 376 g/mol. The molecule has 0 spiro atoms. The molecule has 28 heavy (non-hydrogen) atoms. The van der Waals surface area contributed by atoms with Gasteiger partial charge in [-0.05, 0) is 37.3 Å². The highest BCUT2D eigenvalue weighted by Crippen LogP contribution is 2.30. The van der Waals surface area contributed by atoms with Crippen molar-refractivity contribution in [3.63, 3.8) is 0 Å². The molecule has 4 heterocycles. The summed E-state index contributed by atoms with van der Waals surface area (Å²) >= 11 is 6.25. The van der Waals surface area contributed by atoms with Gasteiger partial charge in [-0.15, -0.1) is 0 Å². The predicted octanol–water partition coefficient (Wildman–Crippen LogP) is 3.91. The number of pyridine rings is 1. The summed E-state index contributed by atoms with van der Waals surface area (Å²) in [6, 6.07) is 9.48. The summed E-state index contributed by atoms with van der Waals surface area (Å²) < 4.78 is 1.85. The molecule has 8 nitrogen and oxygen atoms in total. The monoisotopic (exact) mass is 390 g/mol. The second-order valence-electron chi connectivity index (χ2n) is 6.36. The average molecular weight is 391 g/mol. The van der Waals surface area contributed by atoms with Crippen molar-refractivity contribution in [1.82, 2.24) is 34.7 Å². The van der Waals surface area contributed by atoms with Crippen LogP contribution in [0.25, 0.3) is 27.8 Å². The Morgan fingerprint density at radius 1 is 1.18 bits per heavy atom. The van der Waals surface area contributed by atoms with Gasteiger partial charge in [0.1, 0.15) is 11.8 Å². The maximum absolute atomic E-state index is 6.25. The molecule has 0 saturated carbocycles. The number of hydrogen-bond acceptors (Lipinski definition) is 6. The molecule has 0 saturated heterocycles. The van der Waals surface area contributed by atoms with Crippen LogP contribution in [-0.2, 0) is 0 Å². The number of rotatable bonds is 4. The number of nitrogens with one attached hydrogen (secondary N) is 2. The molecule has 0 amide bonds. The fourth-order valence-electron chi connectivity index (χ4n) is 3.26. The van der Waals surface area contributed by atoms with E-state index in [1.807, 2.05) is 41.9 Å². The number of imidazole rings is 1. The van der Waals surface area contributed by atoms with Gasteiger partial charge in [-0.2, -0.15) is 5.10 Å². The number of anilines is 1. The van der Waals surface area contributed by atoms with E-state index < -0.39 is 0 Å². The van der Waals surface area contributed by atoms with Crippen molar-refractivity contribution in [1.29, 1.82) is 0 Å². The Kier molecular flexibility index (Phi) is 3.91. The van der Waals surface area contributed by atoms with Crippen molar-refractivity contribution in [2.75, 3.05) is 5.32 Å². The molecular formula is C19H15ClN8. The van der Waals surface area contributed by atoms with Crippen LogP contribution in [0.3, 0.4) is 0 Å². The maximum Gasteiger partial charge on any atom is 0.182 e. The summed E-state index contributed by atoms with van der Waals surface area (Å²) in [6.07, 6.45) is 6.60. The third-order valence-electron chi connectivity index (χ3n) is 4.55. The first-order chi connectivity index (χ1) is 13.7. The molecule has 0 radical (unpaired) electrons. The van der Waals surface area contributed by atoms with E-state index in [0.717, 1.165) is 27.8 Å². The Hall–Kier alpha value is -3.52. The quantitative estimate of drug-likeness (QED) is 0.482. The van der Waals surface area contributed by atoms with Crippen LogP contribution in [0, 0.1) is 0 Å². The van der Waals surface area contributed by atoms with Crippen LogP contribution < -0.4 is 5.32 Å². The minimum Gasteiger partial charge on any atom is -0.360 e. The molecule has 5 aromatic rings. The minimum atomic E-state index is -0.122. The van der Waals surface area contributed by atoms with E-state index in [4.69, 9.17) is 16.7 Å². The van der Waals surface area contributed by atoms with Crippen LogP contribution in [-0.4, -0.2) is 34.7 Å². The van der Waals surface area contributed by atoms with Gasteiger partial charge in [-0.25, -0.2) is 19.6 Å². The van der Waals surface area contributed by atoms with E-state index >= 15 is 0 Å². The smallest absolute Gasteiger partial charge is 0.182 e. The van der Waals surface area contributed by atoms with Crippen molar-refractivity contribution in [3.05, 3.63) is 66.1 Å². The van der Waals surface area contributed by atoms with E-state index in [0.29, 0.717) is 16.5 Å². The largest absolute Gasteiger partial charge is 0.360 e. The zero-order valence-corrected chi connectivity index (χ0v) is 15.6. The van der Waals surface area contributed by atoms with Gasteiger partial charge in [0.05, 0.1) is 35.5 Å². The lowest BCUT2D eigenvalue weighted by Gasteiger charge is -2.13. The first kappa shape index (κ1) is 16.6. The number of benzene rings is 1. The molecule has 1 unspecified atom stereocenters. The summed E-state index contributed by atoms with van der Waals surface area (Å²) in [5, 5.41) is 9.92. The third-order valence-corrected chi connectivity index (χ3v) is 4.78. The fourth-order valence-corrected chi connectivity index (χ4v) is 3.42. The van der Waals surface area contributed by atoms with Crippen molar-refractivity contribution in [3.8, 4) is 5.69 Å². The van der Waals surface area contributed by atoms with Gasteiger partial charge in [-0.1, -0.05) is 11.6 Å². The predicted molar refractivity (Wildman–Crippen MR) is 108 cm³/mol. The van der Waals surface area contributed by atoms with Crippen LogP contribution in [0.5, 0.6) is 0 Å². The molecule has 0 fully saturated rings. The molecule has 5 rings (SSSR count). The maximum atomic E-state index is 6.25. The second-order valence-corrected chi connectivity index (χ2v) is 6.80. The van der Waals surface area contributed by atoms with Gasteiger partial charge < -0.3 is 10.3 Å². The summed E-state index contributed by atoms with van der Waals surface area (Å²) in [5.41, 5.74) is 4.03. The molecule has 0 bridgehead atoms. The highest BCUT2D eigenvalue weighted by Gasteiger charge is 2.19. The Morgan fingerprint density at radius 2 is 2.11 bits per heavy atom. The van der Waals surface area contributed by atoms with Crippen molar-refractivity contribution < 1.29 is 0 Å². The van der Waals surface area contributed by atoms with Crippen molar-refractivity contribution in [2.45, 2.75) is 13.0 Å². The first-order valence-electron chi connectivity index (χ1n) is 8.70. The van der Waals surface area contributed by atoms with Gasteiger partial charge in [0, 0.05) is 16.6 Å². The Bertz CT molecular complexity index is 1280. The molecule has 9 heteroatoms. The molecule has 138 valence electrons. The lowest BCUT2D eigenvalue weighted by atomic mass is 10.1. The summed E-state index contributed by atoms with van der Waals surface area (Å²) in [5.74, 6) is 0.674. The average Bonchev–Trinajstić information content (AvgIpc) is 3.33. The summed E-state index contributed by atoms with van der Waals surface area (Å²) in [7, 11) is 0. The Morgan fingerprint density at radius 3 is 2.96 bits per heavy atom. The molecule has 4 aromatic heterocycles. The highest BCUT2D eigenvalue weighted by atomic mass is 35.5. The number of nitrogens with zero attached hydrogens (tertiary/aromatic N) is 6. The standard InChI is InChI=1S/C19H15ClN8/c1-11(26-19-17-18(23-9-22-17)24-10-25-19)16-14-5-4-12(20)7-15(14)28(27-16)13-3-2-6-21-8-13/h2-11H,1H3,(H2,22,23,24,25,26). The lowest BCUT2D eigenvalue weighted by Crippen LogP contribution is -2.10. The van der Waals surface area contributed by atoms with Gasteiger partial charge in [-0.3, -0.25) is 4.98 Å². The van der Waals surface area contributed by atoms with Gasteiger partial charge in [0.2, 0.25) is 0 Å². The SMILES string of the molecule is CC(Nc1ncnc2nc[nH]c12)c1nn(-c2cccnc2)c2cc(Cl)ccc12. The van der Waals surface area contributed by atoms with E-state index in [1.54, 1.807) is 18.7 Å². The normalized spacial score (nSPS) is 12.5. The van der Waals surface area contributed by atoms with Crippen LogP contribution in [0.2, 0.25) is 5.02 Å². The topological polar surface area (TPSA) is 97.2 Å². The summed E-state index contributed by atoms with van der Waals surface area (Å²) in [6.45, 7) is 2.04. The zero-order chi connectivity index (χ0) is 19.1. The molecule has 0 aliphatic rings. The number of halogens is 1. The Labute approximate surface area is 164 Å². The fraction of sp³-hybridized carbons (Fsp3) is 0.105. The Balaban J connectivity index is 1.61. The van der Waals surface area contributed by atoms with E-state index in [9.17, 15) is 0 Å². The van der Waals surface area contributed by atoms with Crippen LogP contribution in [0.15, 0.2) is 55.4 Å². The highest BCUT2D eigenvalue weighted by molar-refractivity contribution is 6.31. The number of hydrogen-bond donors (Lipinski definition) is 2. The van der Waals surface area contributed by atoms with Crippen LogP contribution in [0.1, 0.15) is 18.7 Å². The van der Waals surface area contributed by atoms with E-state index in [-0.39, 0.29) is 6.04 Å². The molecule has 2 N–H and O–H groups in total. The lowest BCUT2D eigenvalue weighted by molar-refractivity contribution is 0.784. The molecule has 1 aromatic carbocycles. The molecule has 0 aliphatic heterocycles. The third kappa shape index (κ3) is 2.74. The van der Waals surface area contributed by atoms with Gasteiger partial charge in [0.25, 0.3) is 0 Å². The van der Waals surface area contributed by atoms with Crippen molar-refractivity contribution in [2.24, 2.45) is 0 Å². The number of H-pyrrole nitrogens is 1. The molecule has 1 atom stereocenters. The van der Waals surface area contributed by atoms with E-state index in [1.165, 1.54) is 6.33 Å². The number of fused-ring (bicyclic) bond motifs is 2. The second kappa shape index (κ2) is 6.58. The van der Waals surface area contributed by atoms with Crippen LogP contribution in [0.4, 0.5) is 5.82 Å². The first-order valence-corrected chi connectivity index (χ1v) is 9.08.